The summed E-state index contributed by atoms with van der Waals surface area (Å²) in [4.78, 5) is 6.45. The standard InChI is InChI=1S/C16H25N3/c1-19(12-13-6-8-17-9-7-13)11-10-18-16(14-2-3-14)15-4-5-15/h6-9,14-16,18H,2-5,10-12H2,1H3. The quantitative estimate of drug-likeness (QED) is 0.776. The highest BCUT2D eigenvalue weighted by Crippen LogP contribution is 2.44. The van der Waals surface area contributed by atoms with Gasteiger partial charge in [-0.15, -0.1) is 0 Å². The predicted molar refractivity (Wildman–Crippen MR) is 77.8 cm³/mol. The van der Waals surface area contributed by atoms with Gasteiger partial charge in [0.05, 0.1) is 0 Å². The second kappa shape index (κ2) is 6.02. The molecule has 1 N–H and O–H groups in total. The Balaban J connectivity index is 1.37. The van der Waals surface area contributed by atoms with E-state index >= 15 is 0 Å². The van der Waals surface area contributed by atoms with Crippen LogP contribution in [0.4, 0.5) is 0 Å². The Morgan fingerprint density at radius 2 is 1.84 bits per heavy atom. The summed E-state index contributed by atoms with van der Waals surface area (Å²) in [5, 5.41) is 3.81. The summed E-state index contributed by atoms with van der Waals surface area (Å²) in [6.07, 6.45) is 9.58. The molecule has 1 heterocycles. The van der Waals surface area contributed by atoms with Gasteiger partial charge in [0.2, 0.25) is 0 Å². The zero-order valence-corrected chi connectivity index (χ0v) is 11.9. The molecule has 2 fully saturated rings. The van der Waals surface area contributed by atoms with E-state index in [9.17, 15) is 0 Å². The first-order chi connectivity index (χ1) is 9.33. The molecule has 0 amide bonds. The summed E-state index contributed by atoms with van der Waals surface area (Å²) < 4.78 is 0. The van der Waals surface area contributed by atoms with E-state index < -0.39 is 0 Å². The highest BCUT2D eigenvalue weighted by Gasteiger charge is 2.40. The molecule has 1 aromatic heterocycles. The molecule has 2 aliphatic rings. The minimum absolute atomic E-state index is 0.828. The maximum absolute atomic E-state index is 4.06. The molecule has 19 heavy (non-hydrogen) atoms. The normalized spacial score (nSPS) is 19.3. The molecule has 0 aromatic carbocycles. The molecule has 2 saturated carbocycles. The van der Waals surface area contributed by atoms with E-state index in [1.165, 1.54) is 31.2 Å². The predicted octanol–water partition coefficient (Wildman–Crippen LogP) is 2.29. The molecular weight excluding hydrogens is 234 g/mol. The Labute approximate surface area is 116 Å². The minimum atomic E-state index is 0.828. The van der Waals surface area contributed by atoms with Crippen molar-refractivity contribution in [3.8, 4) is 0 Å². The van der Waals surface area contributed by atoms with Crippen molar-refractivity contribution in [2.75, 3.05) is 20.1 Å². The fourth-order valence-corrected chi connectivity index (χ4v) is 2.93. The van der Waals surface area contributed by atoms with Crippen molar-refractivity contribution in [3.63, 3.8) is 0 Å². The van der Waals surface area contributed by atoms with E-state index in [2.05, 4.69) is 34.4 Å². The first-order valence-corrected chi connectivity index (χ1v) is 7.64. The molecule has 0 bridgehead atoms. The first-order valence-electron chi connectivity index (χ1n) is 7.64. The van der Waals surface area contributed by atoms with Crippen LogP contribution in [0.15, 0.2) is 24.5 Å². The number of likely N-dealkylation sites (N-methyl/N-ethyl adjacent to an activating group) is 1. The molecule has 3 nitrogen and oxygen atoms in total. The van der Waals surface area contributed by atoms with E-state index in [1.807, 2.05) is 12.4 Å². The number of nitrogens with one attached hydrogen (secondary N) is 1. The van der Waals surface area contributed by atoms with E-state index in [4.69, 9.17) is 0 Å². The van der Waals surface area contributed by atoms with E-state index in [0.717, 1.165) is 37.5 Å². The van der Waals surface area contributed by atoms with Crippen LogP contribution >= 0.6 is 0 Å². The largest absolute Gasteiger partial charge is 0.312 e. The average Bonchev–Trinajstić information content (AvgIpc) is 3.29. The second-order valence-electron chi connectivity index (χ2n) is 6.25. The molecule has 1 aromatic rings. The Bertz CT molecular complexity index is 372. The molecule has 0 spiro atoms. The Hall–Kier alpha value is -0.930. The van der Waals surface area contributed by atoms with Crippen LogP contribution in [0.1, 0.15) is 31.2 Å². The second-order valence-corrected chi connectivity index (χ2v) is 6.25. The lowest BCUT2D eigenvalue weighted by Gasteiger charge is -2.21. The van der Waals surface area contributed by atoms with E-state index in [-0.39, 0.29) is 0 Å². The van der Waals surface area contributed by atoms with E-state index in [0.29, 0.717) is 0 Å². The van der Waals surface area contributed by atoms with Gasteiger partial charge in [0, 0.05) is 38.1 Å². The molecule has 0 saturated heterocycles. The maximum atomic E-state index is 4.06. The van der Waals surface area contributed by atoms with Crippen LogP contribution < -0.4 is 5.32 Å². The summed E-state index contributed by atoms with van der Waals surface area (Å²) in [7, 11) is 2.20. The highest BCUT2D eigenvalue weighted by atomic mass is 15.1. The topological polar surface area (TPSA) is 28.2 Å². The Morgan fingerprint density at radius 3 is 2.42 bits per heavy atom. The van der Waals surface area contributed by atoms with Crippen molar-refractivity contribution >= 4 is 0 Å². The molecule has 3 heteroatoms. The summed E-state index contributed by atoms with van der Waals surface area (Å²) in [5.41, 5.74) is 1.35. The average molecular weight is 259 g/mol. The monoisotopic (exact) mass is 259 g/mol. The smallest absolute Gasteiger partial charge is 0.0271 e. The number of aromatic nitrogens is 1. The van der Waals surface area contributed by atoms with Crippen LogP contribution in [0.5, 0.6) is 0 Å². The van der Waals surface area contributed by atoms with Crippen molar-refractivity contribution in [1.29, 1.82) is 0 Å². The van der Waals surface area contributed by atoms with Crippen molar-refractivity contribution in [1.82, 2.24) is 15.2 Å². The van der Waals surface area contributed by atoms with Gasteiger partial charge >= 0.3 is 0 Å². The van der Waals surface area contributed by atoms with Gasteiger partial charge in [0.1, 0.15) is 0 Å². The SMILES string of the molecule is CN(CCNC(C1CC1)C1CC1)Cc1ccncc1. The summed E-state index contributed by atoms with van der Waals surface area (Å²) in [6, 6.07) is 5.02. The minimum Gasteiger partial charge on any atom is -0.312 e. The summed E-state index contributed by atoms with van der Waals surface area (Å²) >= 11 is 0. The molecule has 3 rings (SSSR count). The van der Waals surface area contributed by atoms with Crippen molar-refractivity contribution in [3.05, 3.63) is 30.1 Å². The van der Waals surface area contributed by atoms with Crippen LogP contribution in [-0.4, -0.2) is 36.1 Å². The lowest BCUT2D eigenvalue weighted by molar-refractivity contribution is 0.305. The van der Waals surface area contributed by atoms with E-state index in [1.54, 1.807) is 0 Å². The van der Waals surface area contributed by atoms with Gasteiger partial charge in [0.15, 0.2) is 0 Å². The molecule has 0 unspecified atom stereocenters. The number of rotatable bonds is 8. The third-order valence-electron chi connectivity index (χ3n) is 4.34. The van der Waals surface area contributed by atoms with Gasteiger partial charge in [-0.3, -0.25) is 4.98 Å². The van der Waals surface area contributed by atoms with Gasteiger partial charge in [-0.1, -0.05) is 0 Å². The van der Waals surface area contributed by atoms with Crippen LogP contribution in [-0.2, 0) is 6.54 Å². The molecule has 0 radical (unpaired) electrons. The van der Waals surface area contributed by atoms with Gasteiger partial charge in [0.25, 0.3) is 0 Å². The van der Waals surface area contributed by atoms with Crippen molar-refractivity contribution in [2.45, 2.75) is 38.3 Å². The van der Waals surface area contributed by atoms with Crippen LogP contribution in [0, 0.1) is 11.8 Å². The number of hydrogen-bond donors (Lipinski definition) is 1. The molecule has 104 valence electrons. The molecular formula is C16H25N3. The maximum Gasteiger partial charge on any atom is 0.0271 e. The molecule has 2 aliphatic carbocycles. The lowest BCUT2D eigenvalue weighted by Crippen LogP contribution is -2.38. The number of pyridine rings is 1. The van der Waals surface area contributed by atoms with Crippen LogP contribution in [0.3, 0.4) is 0 Å². The van der Waals surface area contributed by atoms with Crippen molar-refractivity contribution < 1.29 is 0 Å². The van der Waals surface area contributed by atoms with Crippen LogP contribution in [0.25, 0.3) is 0 Å². The Morgan fingerprint density at radius 1 is 1.21 bits per heavy atom. The summed E-state index contributed by atoms with van der Waals surface area (Å²) in [6.45, 7) is 3.26. The number of hydrogen-bond acceptors (Lipinski definition) is 3. The lowest BCUT2D eigenvalue weighted by atomic mass is 10.1. The fourth-order valence-electron chi connectivity index (χ4n) is 2.93. The number of nitrogens with zero attached hydrogens (tertiary/aromatic N) is 2. The Kier molecular flexibility index (Phi) is 4.14. The van der Waals surface area contributed by atoms with Crippen LogP contribution in [0.2, 0.25) is 0 Å². The zero-order valence-electron chi connectivity index (χ0n) is 11.9. The first kappa shape index (κ1) is 13.1. The van der Waals surface area contributed by atoms with Gasteiger partial charge in [-0.25, -0.2) is 0 Å². The van der Waals surface area contributed by atoms with Gasteiger partial charge in [-0.05, 0) is 62.3 Å². The summed E-state index contributed by atoms with van der Waals surface area (Å²) in [5.74, 6) is 2.00. The highest BCUT2D eigenvalue weighted by molar-refractivity contribution is 5.09. The fraction of sp³-hybridized carbons (Fsp3) is 0.688. The third-order valence-corrected chi connectivity index (χ3v) is 4.34. The van der Waals surface area contributed by atoms with Gasteiger partial charge in [-0.2, -0.15) is 0 Å². The molecule has 0 atom stereocenters. The van der Waals surface area contributed by atoms with Gasteiger partial charge < -0.3 is 10.2 Å². The van der Waals surface area contributed by atoms with Crippen molar-refractivity contribution in [2.24, 2.45) is 11.8 Å². The molecule has 0 aliphatic heterocycles. The zero-order chi connectivity index (χ0) is 13.1. The third kappa shape index (κ3) is 4.02.